The number of likely N-dealkylation sites (tertiary alicyclic amines) is 1. The molecule has 1 atom stereocenters. The van der Waals surface area contributed by atoms with Gasteiger partial charge in [-0.2, -0.15) is 0 Å². The van der Waals surface area contributed by atoms with Crippen molar-refractivity contribution < 1.29 is 4.79 Å². The third-order valence-corrected chi connectivity index (χ3v) is 4.53. The highest BCUT2D eigenvalue weighted by atomic mass is 35.5. The second-order valence-electron chi connectivity index (χ2n) is 5.36. The lowest BCUT2D eigenvalue weighted by atomic mass is 10.1. The van der Waals surface area contributed by atoms with Crippen LogP contribution in [0.15, 0.2) is 30.0 Å². The monoisotopic (exact) mass is 338 g/mol. The van der Waals surface area contributed by atoms with Crippen molar-refractivity contribution in [3.63, 3.8) is 0 Å². The van der Waals surface area contributed by atoms with Gasteiger partial charge >= 0.3 is 0 Å². The molecular weight excluding hydrogens is 320 g/mol. The number of anilines is 1. The Labute approximate surface area is 140 Å². The zero-order chi connectivity index (χ0) is 14.8. The molecule has 5 nitrogen and oxygen atoms in total. The number of amides is 1. The van der Waals surface area contributed by atoms with E-state index in [9.17, 15) is 4.79 Å². The first-order valence-corrected chi connectivity index (χ1v) is 7.87. The molecule has 1 unspecified atom stereocenters. The first-order valence-electron chi connectivity index (χ1n) is 6.99. The molecule has 1 amide bonds. The summed E-state index contributed by atoms with van der Waals surface area (Å²) < 4.78 is 0. The van der Waals surface area contributed by atoms with E-state index < -0.39 is 0 Å². The summed E-state index contributed by atoms with van der Waals surface area (Å²) in [7, 11) is 3.95. The van der Waals surface area contributed by atoms with Gasteiger partial charge in [0, 0.05) is 26.8 Å². The first kappa shape index (κ1) is 16.7. The molecule has 0 radical (unpaired) electrons. The van der Waals surface area contributed by atoms with Gasteiger partial charge in [-0.3, -0.25) is 9.78 Å². The van der Waals surface area contributed by atoms with Crippen LogP contribution < -0.4 is 4.90 Å². The second-order valence-corrected chi connectivity index (χ2v) is 6.25. The number of rotatable bonds is 3. The zero-order valence-corrected chi connectivity index (χ0v) is 14.2. The van der Waals surface area contributed by atoms with E-state index in [1.807, 2.05) is 36.2 Å². The molecular formula is C15H19ClN4OS. The van der Waals surface area contributed by atoms with Crippen molar-refractivity contribution in [3.05, 3.63) is 40.5 Å². The van der Waals surface area contributed by atoms with Crippen molar-refractivity contribution >= 4 is 35.5 Å². The van der Waals surface area contributed by atoms with Gasteiger partial charge in [-0.1, -0.05) is 0 Å². The highest BCUT2D eigenvalue weighted by molar-refractivity contribution is 7.11. The third kappa shape index (κ3) is 3.23. The Morgan fingerprint density at radius 2 is 2.27 bits per heavy atom. The Balaban J connectivity index is 0.00000176. The molecule has 7 heteroatoms. The van der Waals surface area contributed by atoms with Gasteiger partial charge in [0.2, 0.25) is 0 Å². The maximum absolute atomic E-state index is 12.6. The van der Waals surface area contributed by atoms with Crippen LogP contribution in [0.5, 0.6) is 0 Å². The van der Waals surface area contributed by atoms with Crippen LogP contribution in [0, 0.1) is 0 Å². The Kier molecular flexibility index (Phi) is 5.37. The van der Waals surface area contributed by atoms with Gasteiger partial charge in [0.05, 0.1) is 17.7 Å². The number of nitrogens with zero attached hydrogens (tertiary/aromatic N) is 4. The lowest BCUT2D eigenvalue weighted by Gasteiger charge is -2.25. The smallest absolute Gasteiger partial charge is 0.266 e. The van der Waals surface area contributed by atoms with Gasteiger partial charge in [-0.15, -0.1) is 23.7 Å². The Bertz CT molecular complexity index is 632. The molecule has 0 saturated carbocycles. The standard InChI is InChI=1S/C15H18N4OS.ClH/c1-18(2)14-8-11(5-6-17-14)12-4-3-7-19(12)15(20)13-9-16-10-21-13;/h5-6,8-10,12H,3-4,7H2,1-2H3;1H. The highest BCUT2D eigenvalue weighted by Crippen LogP contribution is 2.34. The topological polar surface area (TPSA) is 49.3 Å². The minimum atomic E-state index is 0. The van der Waals surface area contributed by atoms with Crippen molar-refractivity contribution in [1.82, 2.24) is 14.9 Å². The van der Waals surface area contributed by atoms with Crippen LogP contribution in [0.25, 0.3) is 0 Å². The Hall–Kier alpha value is -1.66. The van der Waals surface area contributed by atoms with Crippen molar-refractivity contribution in [3.8, 4) is 0 Å². The van der Waals surface area contributed by atoms with Gasteiger partial charge in [0.25, 0.3) is 5.91 Å². The largest absolute Gasteiger partial charge is 0.363 e. The number of hydrogen-bond donors (Lipinski definition) is 0. The van der Waals surface area contributed by atoms with Crippen LogP contribution in [0.4, 0.5) is 5.82 Å². The van der Waals surface area contributed by atoms with E-state index in [2.05, 4.69) is 16.0 Å². The van der Waals surface area contributed by atoms with E-state index in [0.29, 0.717) is 4.88 Å². The molecule has 0 spiro atoms. The van der Waals surface area contributed by atoms with Gasteiger partial charge in [-0.05, 0) is 30.5 Å². The lowest BCUT2D eigenvalue weighted by Crippen LogP contribution is -2.30. The van der Waals surface area contributed by atoms with Crippen molar-refractivity contribution in [2.24, 2.45) is 0 Å². The fourth-order valence-corrected chi connectivity index (χ4v) is 3.28. The van der Waals surface area contributed by atoms with Gasteiger partial charge in [0.15, 0.2) is 0 Å². The Morgan fingerprint density at radius 1 is 1.45 bits per heavy atom. The number of thiazole rings is 1. The third-order valence-electron chi connectivity index (χ3n) is 3.77. The van der Waals surface area contributed by atoms with Gasteiger partial charge < -0.3 is 9.80 Å². The summed E-state index contributed by atoms with van der Waals surface area (Å²) in [6, 6.07) is 4.22. The number of carbonyl (C=O) groups is 1. The van der Waals surface area contributed by atoms with Crippen LogP contribution in [0.2, 0.25) is 0 Å². The number of hydrogen-bond acceptors (Lipinski definition) is 5. The molecule has 2 aromatic rings. The fraction of sp³-hybridized carbons (Fsp3) is 0.400. The fourth-order valence-electron chi connectivity index (χ4n) is 2.71. The molecule has 1 fully saturated rings. The molecule has 3 heterocycles. The van der Waals surface area contributed by atoms with E-state index in [0.717, 1.165) is 30.8 Å². The van der Waals surface area contributed by atoms with Crippen LogP contribution in [0.3, 0.4) is 0 Å². The summed E-state index contributed by atoms with van der Waals surface area (Å²) >= 11 is 1.40. The minimum absolute atomic E-state index is 0. The van der Waals surface area contributed by atoms with Crippen LogP contribution in [-0.4, -0.2) is 41.4 Å². The number of pyridine rings is 1. The molecule has 1 aliphatic heterocycles. The Morgan fingerprint density at radius 3 is 2.95 bits per heavy atom. The predicted molar refractivity (Wildman–Crippen MR) is 90.9 cm³/mol. The average molecular weight is 339 g/mol. The summed E-state index contributed by atoms with van der Waals surface area (Å²) in [6.07, 6.45) is 5.51. The van der Waals surface area contributed by atoms with E-state index in [4.69, 9.17) is 0 Å². The second kappa shape index (κ2) is 7.07. The highest BCUT2D eigenvalue weighted by Gasteiger charge is 2.31. The normalized spacial score (nSPS) is 17.2. The molecule has 0 N–H and O–H groups in total. The number of aromatic nitrogens is 2. The first-order chi connectivity index (χ1) is 10.2. The summed E-state index contributed by atoms with van der Waals surface area (Å²) in [5.74, 6) is 1.01. The summed E-state index contributed by atoms with van der Waals surface area (Å²) in [4.78, 5) is 25.6. The SMILES string of the molecule is CN(C)c1cc(C2CCCN2C(=O)c2cncs2)ccn1.Cl. The quantitative estimate of drug-likeness (QED) is 0.863. The number of halogens is 1. The van der Waals surface area contributed by atoms with Gasteiger partial charge in [0.1, 0.15) is 10.7 Å². The molecule has 2 aromatic heterocycles. The minimum Gasteiger partial charge on any atom is -0.363 e. The summed E-state index contributed by atoms with van der Waals surface area (Å²) in [5, 5.41) is 0. The van der Waals surface area contributed by atoms with E-state index >= 15 is 0 Å². The molecule has 1 aliphatic rings. The molecule has 0 aliphatic carbocycles. The number of carbonyl (C=O) groups excluding carboxylic acids is 1. The summed E-state index contributed by atoms with van der Waals surface area (Å²) in [6.45, 7) is 0.807. The van der Waals surface area contributed by atoms with Crippen LogP contribution in [0.1, 0.15) is 34.1 Å². The van der Waals surface area contributed by atoms with Crippen LogP contribution in [-0.2, 0) is 0 Å². The molecule has 0 aromatic carbocycles. The van der Waals surface area contributed by atoms with Gasteiger partial charge in [-0.25, -0.2) is 4.98 Å². The molecule has 1 saturated heterocycles. The van der Waals surface area contributed by atoms with E-state index in [-0.39, 0.29) is 24.4 Å². The van der Waals surface area contributed by atoms with Crippen LogP contribution >= 0.6 is 23.7 Å². The maximum Gasteiger partial charge on any atom is 0.266 e. The predicted octanol–water partition coefficient (Wildman–Crippen LogP) is 3.00. The molecule has 118 valence electrons. The lowest BCUT2D eigenvalue weighted by molar-refractivity contribution is 0.0740. The average Bonchev–Trinajstić information content (AvgIpc) is 3.18. The van der Waals surface area contributed by atoms with E-state index in [1.54, 1.807) is 11.7 Å². The molecule has 3 rings (SSSR count). The van der Waals surface area contributed by atoms with Crippen molar-refractivity contribution in [2.45, 2.75) is 18.9 Å². The maximum atomic E-state index is 12.6. The van der Waals surface area contributed by atoms with Crippen molar-refractivity contribution in [1.29, 1.82) is 0 Å². The molecule has 22 heavy (non-hydrogen) atoms. The molecule has 0 bridgehead atoms. The zero-order valence-electron chi connectivity index (χ0n) is 12.6. The van der Waals surface area contributed by atoms with E-state index in [1.165, 1.54) is 11.3 Å². The van der Waals surface area contributed by atoms with Crippen molar-refractivity contribution in [2.75, 3.05) is 25.5 Å². The summed E-state index contributed by atoms with van der Waals surface area (Å²) in [5.41, 5.74) is 2.86.